The maximum atomic E-state index is 11.9. The molecule has 1 aromatic heterocycles. The molecule has 1 saturated carbocycles. The van der Waals surface area contributed by atoms with E-state index in [1.165, 1.54) is 12.8 Å². The van der Waals surface area contributed by atoms with Gasteiger partial charge in [-0.1, -0.05) is 0 Å². The van der Waals surface area contributed by atoms with E-state index in [1.807, 2.05) is 0 Å². The minimum atomic E-state index is -0.156. The molecule has 2 heterocycles. The summed E-state index contributed by atoms with van der Waals surface area (Å²) in [6.45, 7) is 0.744. The second kappa shape index (κ2) is 4.46. The SMILES string of the molecule is O=C(NC1CCOC1C1CC1)c1ccc(Br)o1. The number of halogens is 1. The molecule has 1 amide bonds. The zero-order valence-corrected chi connectivity index (χ0v) is 10.9. The fraction of sp³-hybridized carbons (Fsp3) is 0.583. The van der Waals surface area contributed by atoms with Crippen LogP contribution in [0.2, 0.25) is 0 Å². The molecule has 2 aliphatic rings. The van der Waals surface area contributed by atoms with Crippen LogP contribution in [0, 0.1) is 5.92 Å². The molecule has 1 N–H and O–H groups in total. The smallest absolute Gasteiger partial charge is 0.287 e. The highest BCUT2D eigenvalue weighted by Crippen LogP contribution is 2.38. The van der Waals surface area contributed by atoms with Crippen molar-refractivity contribution in [3.63, 3.8) is 0 Å². The molecule has 0 bridgehead atoms. The van der Waals surface area contributed by atoms with E-state index < -0.39 is 0 Å². The summed E-state index contributed by atoms with van der Waals surface area (Å²) in [6, 6.07) is 3.53. The predicted molar refractivity (Wildman–Crippen MR) is 64.7 cm³/mol. The van der Waals surface area contributed by atoms with E-state index in [9.17, 15) is 4.79 Å². The summed E-state index contributed by atoms with van der Waals surface area (Å²) in [4.78, 5) is 11.9. The number of nitrogens with one attached hydrogen (secondary N) is 1. The van der Waals surface area contributed by atoms with Crippen molar-refractivity contribution in [1.82, 2.24) is 5.32 Å². The Morgan fingerprint density at radius 3 is 2.82 bits per heavy atom. The Bertz CT molecular complexity index is 427. The van der Waals surface area contributed by atoms with Crippen LogP contribution in [0.15, 0.2) is 21.2 Å². The fourth-order valence-electron chi connectivity index (χ4n) is 2.33. The van der Waals surface area contributed by atoms with Crippen LogP contribution in [-0.4, -0.2) is 24.7 Å². The van der Waals surface area contributed by atoms with Gasteiger partial charge in [0.25, 0.3) is 5.91 Å². The molecule has 0 radical (unpaired) electrons. The molecule has 1 aliphatic carbocycles. The highest BCUT2D eigenvalue weighted by atomic mass is 79.9. The highest BCUT2D eigenvalue weighted by Gasteiger charge is 2.41. The van der Waals surface area contributed by atoms with Gasteiger partial charge in [-0.05, 0) is 53.2 Å². The number of hydrogen-bond acceptors (Lipinski definition) is 3. The molecule has 2 unspecified atom stereocenters. The predicted octanol–water partition coefficient (Wildman–Crippen LogP) is 2.34. The van der Waals surface area contributed by atoms with Crippen molar-refractivity contribution in [3.05, 3.63) is 22.6 Å². The third-order valence-electron chi connectivity index (χ3n) is 3.34. The largest absolute Gasteiger partial charge is 0.444 e. The first kappa shape index (κ1) is 11.3. The van der Waals surface area contributed by atoms with Crippen molar-refractivity contribution in [2.45, 2.75) is 31.4 Å². The van der Waals surface area contributed by atoms with Crippen LogP contribution in [0.3, 0.4) is 0 Å². The van der Waals surface area contributed by atoms with Gasteiger partial charge >= 0.3 is 0 Å². The average molecular weight is 300 g/mol. The number of carbonyl (C=O) groups excluding carboxylic acids is 1. The van der Waals surface area contributed by atoms with Gasteiger partial charge in [-0.3, -0.25) is 4.79 Å². The molecule has 5 heteroatoms. The number of ether oxygens (including phenoxy) is 1. The summed E-state index contributed by atoms with van der Waals surface area (Å²) in [5, 5.41) is 3.00. The van der Waals surface area contributed by atoms with Crippen LogP contribution < -0.4 is 5.32 Å². The summed E-state index contributed by atoms with van der Waals surface area (Å²) in [5.74, 6) is 0.835. The van der Waals surface area contributed by atoms with Gasteiger partial charge < -0.3 is 14.5 Å². The van der Waals surface area contributed by atoms with Gasteiger partial charge in [0.2, 0.25) is 0 Å². The summed E-state index contributed by atoms with van der Waals surface area (Å²) in [6.07, 6.45) is 3.55. The van der Waals surface area contributed by atoms with Gasteiger partial charge in [0.15, 0.2) is 10.4 Å². The van der Waals surface area contributed by atoms with E-state index in [-0.39, 0.29) is 18.1 Å². The third kappa shape index (κ3) is 2.40. The van der Waals surface area contributed by atoms with Crippen molar-refractivity contribution in [3.8, 4) is 0 Å². The molecule has 4 nitrogen and oxygen atoms in total. The van der Waals surface area contributed by atoms with Gasteiger partial charge in [0.1, 0.15) is 0 Å². The lowest BCUT2D eigenvalue weighted by Crippen LogP contribution is -2.41. The van der Waals surface area contributed by atoms with Gasteiger partial charge in [-0.15, -0.1) is 0 Å². The van der Waals surface area contributed by atoms with E-state index in [2.05, 4.69) is 21.2 Å². The Morgan fingerprint density at radius 2 is 2.18 bits per heavy atom. The maximum Gasteiger partial charge on any atom is 0.287 e. The van der Waals surface area contributed by atoms with E-state index in [0.29, 0.717) is 16.3 Å². The van der Waals surface area contributed by atoms with E-state index >= 15 is 0 Å². The second-order valence-corrected chi connectivity index (χ2v) is 5.43. The molecular weight excluding hydrogens is 286 g/mol. The molecule has 1 aliphatic heterocycles. The van der Waals surface area contributed by atoms with Crippen molar-refractivity contribution in [1.29, 1.82) is 0 Å². The lowest BCUT2D eigenvalue weighted by atomic mass is 10.1. The first-order valence-corrected chi connectivity index (χ1v) is 6.71. The summed E-state index contributed by atoms with van der Waals surface area (Å²) in [5.41, 5.74) is 0. The van der Waals surface area contributed by atoms with Crippen LogP contribution in [0.1, 0.15) is 29.8 Å². The van der Waals surface area contributed by atoms with Gasteiger partial charge in [0.05, 0.1) is 12.1 Å². The van der Waals surface area contributed by atoms with Crippen molar-refractivity contribution < 1.29 is 13.9 Å². The monoisotopic (exact) mass is 299 g/mol. The van der Waals surface area contributed by atoms with Crippen molar-refractivity contribution >= 4 is 21.8 Å². The van der Waals surface area contributed by atoms with E-state index in [4.69, 9.17) is 9.15 Å². The Hall–Kier alpha value is -0.810. The maximum absolute atomic E-state index is 11.9. The van der Waals surface area contributed by atoms with Gasteiger partial charge in [-0.2, -0.15) is 0 Å². The first-order chi connectivity index (χ1) is 8.24. The number of furan rings is 1. The summed E-state index contributed by atoms with van der Waals surface area (Å²) in [7, 11) is 0. The second-order valence-electron chi connectivity index (χ2n) is 4.65. The Morgan fingerprint density at radius 1 is 1.35 bits per heavy atom. The van der Waals surface area contributed by atoms with Crippen molar-refractivity contribution in [2.75, 3.05) is 6.61 Å². The van der Waals surface area contributed by atoms with Crippen LogP contribution in [0.4, 0.5) is 0 Å². The zero-order chi connectivity index (χ0) is 11.8. The molecule has 2 fully saturated rings. The third-order valence-corrected chi connectivity index (χ3v) is 3.76. The van der Waals surface area contributed by atoms with E-state index in [1.54, 1.807) is 12.1 Å². The topological polar surface area (TPSA) is 51.5 Å². The Kier molecular flexibility index (Phi) is 2.96. The highest BCUT2D eigenvalue weighted by molar-refractivity contribution is 9.10. The van der Waals surface area contributed by atoms with Crippen LogP contribution in [-0.2, 0) is 4.74 Å². The number of carbonyl (C=O) groups is 1. The number of amides is 1. The molecule has 2 atom stereocenters. The quantitative estimate of drug-likeness (QED) is 0.932. The molecule has 1 saturated heterocycles. The van der Waals surface area contributed by atoms with Crippen LogP contribution in [0.5, 0.6) is 0 Å². The number of hydrogen-bond donors (Lipinski definition) is 1. The van der Waals surface area contributed by atoms with E-state index in [0.717, 1.165) is 13.0 Å². The standard InChI is InChI=1S/C12H14BrNO3/c13-10-4-3-9(17-10)12(15)14-8-5-6-16-11(8)7-1-2-7/h3-4,7-8,11H,1-2,5-6H2,(H,14,15). The number of rotatable bonds is 3. The fourth-order valence-corrected chi connectivity index (χ4v) is 2.64. The lowest BCUT2D eigenvalue weighted by Gasteiger charge is -2.18. The Balaban J connectivity index is 1.64. The Labute approximate surface area is 108 Å². The van der Waals surface area contributed by atoms with Gasteiger partial charge in [0, 0.05) is 6.61 Å². The molecule has 0 aromatic carbocycles. The minimum absolute atomic E-state index is 0.138. The van der Waals surface area contributed by atoms with Crippen LogP contribution >= 0.6 is 15.9 Å². The molecule has 1 aromatic rings. The normalized spacial score (nSPS) is 28.3. The van der Waals surface area contributed by atoms with Crippen LogP contribution in [0.25, 0.3) is 0 Å². The molecule has 0 spiro atoms. The molecule has 3 rings (SSSR count). The summed E-state index contributed by atoms with van der Waals surface area (Å²) >= 11 is 3.19. The average Bonchev–Trinajstić information content (AvgIpc) is 2.89. The summed E-state index contributed by atoms with van der Waals surface area (Å²) < 4.78 is 11.5. The first-order valence-electron chi connectivity index (χ1n) is 5.92. The molecule has 17 heavy (non-hydrogen) atoms. The van der Waals surface area contributed by atoms with Crippen molar-refractivity contribution in [2.24, 2.45) is 5.92 Å². The zero-order valence-electron chi connectivity index (χ0n) is 9.32. The van der Waals surface area contributed by atoms with Gasteiger partial charge in [-0.25, -0.2) is 0 Å². The minimum Gasteiger partial charge on any atom is -0.444 e. The molecule has 92 valence electrons. The lowest BCUT2D eigenvalue weighted by molar-refractivity contribution is 0.0716. The molecular formula is C12H14BrNO3.